The van der Waals surface area contributed by atoms with E-state index in [1.54, 1.807) is 12.1 Å². The first-order valence-corrected chi connectivity index (χ1v) is 24.6. The number of hydrogen-bond acceptors (Lipinski definition) is 14. The van der Waals surface area contributed by atoms with Crippen molar-refractivity contribution in [2.45, 2.75) is 95.3 Å². The van der Waals surface area contributed by atoms with Crippen LogP contribution < -0.4 is 19.3 Å². The molecule has 16 nitrogen and oxygen atoms in total. The van der Waals surface area contributed by atoms with Crippen molar-refractivity contribution < 1.29 is 64.6 Å². The van der Waals surface area contributed by atoms with E-state index in [0.717, 1.165) is 12.1 Å². The van der Waals surface area contributed by atoms with Crippen LogP contribution in [0.4, 0.5) is 11.4 Å². The maximum Gasteiger partial charge on any atom is 0.317 e. The number of fused-ring (bicyclic) bond motifs is 2. The minimum absolute atomic E-state index is 0.0724. The number of ether oxygens (including phenoxy) is 4. The molecule has 8 bridgehead atoms. The zero-order valence-corrected chi connectivity index (χ0v) is 39.0. The minimum atomic E-state index is -4.46. The Balaban J connectivity index is 1.60. The molecule has 0 unspecified atom stereocenters. The molecule has 0 radical (unpaired) electrons. The second-order valence-corrected chi connectivity index (χ2v) is 21.7. The van der Waals surface area contributed by atoms with Crippen LogP contribution in [0.2, 0.25) is 0 Å². The second kappa shape index (κ2) is 17.0. The predicted octanol–water partition coefficient (Wildman–Crippen LogP) is 6.65. The largest absolute Gasteiger partial charge is 0.488 e. The highest BCUT2D eigenvalue weighted by atomic mass is 32.2. The van der Waals surface area contributed by atoms with Crippen molar-refractivity contribution in [3.8, 4) is 11.5 Å². The fraction of sp³-hybridized carbons (Fsp3) is 0.404. The van der Waals surface area contributed by atoms with Crippen LogP contribution in [-0.4, -0.2) is 90.3 Å². The van der Waals surface area contributed by atoms with E-state index in [1.807, 2.05) is 41.5 Å². The number of carbonyl (C=O) groups excluding carboxylic acids is 6. The summed E-state index contributed by atoms with van der Waals surface area (Å²) in [6.07, 6.45) is 0.444. The average Bonchev–Trinajstić information content (AvgIpc) is 3.27. The summed E-state index contributed by atoms with van der Waals surface area (Å²) in [7, 11) is -8.91. The monoisotopic (exact) mass is 930 g/mol. The summed E-state index contributed by atoms with van der Waals surface area (Å²) in [5.41, 5.74) is -2.08. The van der Waals surface area contributed by atoms with Gasteiger partial charge in [-0.05, 0) is 71.2 Å². The van der Waals surface area contributed by atoms with E-state index in [1.165, 1.54) is 38.1 Å². The van der Waals surface area contributed by atoms with Crippen molar-refractivity contribution in [2.75, 3.05) is 47.7 Å². The highest BCUT2D eigenvalue weighted by molar-refractivity contribution is 7.91. The number of carbonyl (C=O) groups is 6. The summed E-state index contributed by atoms with van der Waals surface area (Å²) in [6, 6.07) is 11.4. The van der Waals surface area contributed by atoms with E-state index in [4.69, 9.17) is 18.9 Å². The summed E-state index contributed by atoms with van der Waals surface area (Å²) < 4.78 is 79.5. The average molecular weight is 931 g/mol. The predicted molar refractivity (Wildman–Crippen MR) is 239 cm³/mol. The number of sulfone groups is 2. The quantitative estimate of drug-likeness (QED) is 0.103. The standard InChI is InChI=1S/C47H50N2O14S2/c1-9-46(5,6)26-13-15-32-30(21-26)48-42(52)28-23-35(65(58,59)12-4)41-39-29(24-34(64(56,57)11-3)40(38(28)39)44(48)54)43(53)49(45(41)55)31-22-27(47(7,8)10-2)14-16-33(31)61-18-20-63-37(51)25-36(50)62-19-17-60-32/h13-16,21-24H,9-12,17-20,25H2,1-8H3. The Morgan fingerprint density at radius 2 is 0.862 bits per heavy atom. The van der Waals surface area contributed by atoms with E-state index >= 15 is 19.2 Å². The molecule has 4 aromatic carbocycles. The SMILES string of the molecule is CCC(C)(C)c1ccc2c(c1)N1C(=O)c3cc(S(=O)(=O)CC)c4c5c(cc(S(=O)(=O)CC)c(c35)C1=O)C(=O)N(C4=O)c1cc(C(C)(C)CC)ccc1OCCOC(=O)CC(=O)OCCO2. The van der Waals surface area contributed by atoms with Gasteiger partial charge in [0.15, 0.2) is 19.7 Å². The number of nitrogens with zero attached hydrogens (tertiary/aromatic N) is 2. The topological polar surface area (TPSA) is 214 Å². The van der Waals surface area contributed by atoms with Crippen LogP contribution in [0.15, 0.2) is 58.3 Å². The molecule has 5 heterocycles. The van der Waals surface area contributed by atoms with Gasteiger partial charge in [-0.15, -0.1) is 0 Å². The number of hydrogen-bond donors (Lipinski definition) is 0. The molecule has 0 fully saturated rings. The molecular formula is C47H50N2O14S2. The third kappa shape index (κ3) is 8.04. The van der Waals surface area contributed by atoms with Gasteiger partial charge in [0.05, 0.1) is 54.9 Å². The molecule has 0 saturated heterocycles. The van der Waals surface area contributed by atoms with Gasteiger partial charge in [0.1, 0.15) is 44.3 Å². The molecule has 0 N–H and O–H groups in total. The number of rotatable bonds is 8. The lowest BCUT2D eigenvalue weighted by atomic mass is 9.81. The van der Waals surface area contributed by atoms with E-state index in [0.29, 0.717) is 33.8 Å². The lowest BCUT2D eigenvalue weighted by Crippen LogP contribution is -2.45. The zero-order chi connectivity index (χ0) is 47.6. The number of esters is 2. The number of benzene rings is 4. The molecule has 65 heavy (non-hydrogen) atoms. The van der Waals surface area contributed by atoms with Crippen LogP contribution in [0.1, 0.15) is 127 Å². The molecule has 344 valence electrons. The third-order valence-electron chi connectivity index (χ3n) is 12.7. The number of imide groups is 2. The van der Waals surface area contributed by atoms with Crippen LogP contribution >= 0.6 is 0 Å². The van der Waals surface area contributed by atoms with Crippen molar-refractivity contribution in [3.63, 3.8) is 0 Å². The molecule has 5 aliphatic rings. The summed E-state index contributed by atoms with van der Waals surface area (Å²) in [5, 5.41) is -0.742. The van der Waals surface area contributed by atoms with Gasteiger partial charge in [-0.1, -0.05) is 67.5 Å². The number of anilines is 2. The van der Waals surface area contributed by atoms with E-state index in [-0.39, 0.29) is 60.1 Å². The molecule has 0 aliphatic carbocycles. The lowest BCUT2D eigenvalue weighted by molar-refractivity contribution is -0.155. The first-order chi connectivity index (χ1) is 30.5. The third-order valence-corrected chi connectivity index (χ3v) is 16.2. The van der Waals surface area contributed by atoms with Crippen molar-refractivity contribution in [1.29, 1.82) is 0 Å². The lowest BCUT2D eigenvalue weighted by Gasteiger charge is -2.35. The van der Waals surface area contributed by atoms with Crippen LogP contribution in [0, 0.1) is 0 Å². The number of amides is 4. The Labute approximate surface area is 377 Å². The first kappa shape index (κ1) is 46.8. The maximum absolute atomic E-state index is 15.3. The van der Waals surface area contributed by atoms with Crippen LogP contribution in [0.3, 0.4) is 0 Å². The van der Waals surface area contributed by atoms with Crippen LogP contribution in [-0.2, 0) is 49.6 Å². The highest BCUT2D eigenvalue weighted by Crippen LogP contribution is 2.48. The molecule has 0 spiro atoms. The van der Waals surface area contributed by atoms with Crippen LogP contribution in [0.25, 0.3) is 10.8 Å². The molecule has 9 rings (SSSR count). The second-order valence-electron chi connectivity index (χ2n) is 17.2. The van der Waals surface area contributed by atoms with Gasteiger partial charge >= 0.3 is 11.9 Å². The fourth-order valence-corrected chi connectivity index (χ4v) is 10.2. The first-order valence-electron chi connectivity index (χ1n) is 21.3. The van der Waals surface area contributed by atoms with Crippen molar-refractivity contribution in [2.24, 2.45) is 0 Å². The molecule has 0 aromatic heterocycles. The fourth-order valence-electron chi connectivity index (χ4n) is 7.95. The van der Waals surface area contributed by atoms with Crippen LogP contribution in [0.5, 0.6) is 11.5 Å². The van der Waals surface area contributed by atoms with Gasteiger partial charge in [0, 0.05) is 10.8 Å². The smallest absolute Gasteiger partial charge is 0.317 e. The normalized spacial score (nSPS) is 16.5. The van der Waals surface area contributed by atoms with E-state index in [9.17, 15) is 26.4 Å². The van der Waals surface area contributed by atoms with Crippen molar-refractivity contribution in [1.82, 2.24) is 0 Å². The molecule has 4 amide bonds. The van der Waals surface area contributed by atoms with Gasteiger partial charge < -0.3 is 18.9 Å². The molecule has 0 atom stereocenters. The Kier molecular flexibility index (Phi) is 12.3. The molecule has 0 saturated carbocycles. The van der Waals surface area contributed by atoms with E-state index in [2.05, 4.69) is 0 Å². The Morgan fingerprint density at radius 3 is 1.20 bits per heavy atom. The molecule has 5 aliphatic heterocycles. The van der Waals surface area contributed by atoms with Crippen molar-refractivity contribution in [3.05, 3.63) is 81.9 Å². The van der Waals surface area contributed by atoms with Gasteiger partial charge in [0.25, 0.3) is 23.6 Å². The van der Waals surface area contributed by atoms with E-state index < -0.39 is 116 Å². The summed E-state index contributed by atoms with van der Waals surface area (Å²) in [4.78, 5) is 86.3. The Hall–Kier alpha value is -6.14. The highest BCUT2D eigenvalue weighted by Gasteiger charge is 2.47. The molecule has 4 aromatic rings. The Bertz CT molecular complexity index is 2770. The summed E-state index contributed by atoms with van der Waals surface area (Å²) in [6.45, 7) is 12.8. The van der Waals surface area contributed by atoms with Gasteiger partial charge in [-0.2, -0.15) is 0 Å². The molecular weight excluding hydrogens is 881 g/mol. The van der Waals surface area contributed by atoms with Gasteiger partial charge in [-0.3, -0.25) is 28.8 Å². The zero-order valence-electron chi connectivity index (χ0n) is 37.4. The Morgan fingerprint density at radius 1 is 0.508 bits per heavy atom. The maximum atomic E-state index is 15.3. The summed E-state index contributed by atoms with van der Waals surface area (Å²) >= 11 is 0. The van der Waals surface area contributed by atoms with Crippen molar-refractivity contribution >= 4 is 77.4 Å². The van der Waals surface area contributed by atoms with Gasteiger partial charge in [0.2, 0.25) is 0 Å². The van der Waals surface area contributed by atoms with Gasteiger partial charge in [-0.25, -0.2) is 26.6 Å². The minimum Gasteiger partial charge on any atom is -0.488 e. The summed E-state index contributed by atoms with van der Waals surface area (Å²) in [5.74, 6) is -7.62. The molecule has 18 heteroatoms.